The smallest absolute Gasteiger partial charge is 0.329 e. The quantitative estimate of drug-likeness (QED) is 0.883. The van der Waals surface area contributed by atoms with Crippen molar-refractivity contribution in [1.82, 2.24) is 5.32 Å². The highest BCUT2D eigenvalue weighted by molar-refractivity contribution is 6.23. The van der Waals surface area contributed by atoms with E-state index in [4.69, 9.17) is 4.74 Å². The van der Waals surface area contributed by atoms with E-state index in [0.29, 0.717) is 17.9 Å². The maximum atomic E-state index is 12.9. The van der Waals surface area contributed by atoms with Gasteiger partial charge in [0.1, 0.15) is 11.3 Å². The van der Waals surface area contributed by atoms with Gasteiger partial charge in [0.25, 0.3) is 5.91 Å². The van der Waals surface area contributed by atoms with Crippen LogP contribution in [0.2, 0.25) is 0 Å². The molecule has 0 aliphatic carbocycles. The molecule has 2 aromatic rings. The van der Waals surface area contributed by atoms with Crippen LogP contribution in [0, 0.1) is 0 Å². The van der Waals surface area contributed by atoms with Crippen molar-refractivity contribution in [2.75, 3.05) is 12.0 Å². The molecule has 118 valence electrons. The van der Waals surface area contributed by atoms with E-state index in [1.807, 2.05) is 30.3 Å². The number of nitrogens with zero attached hydrogens (tertiary/aromatic N) is 1. The van der Waals surface area contributed by atoms with Gasteiger partial charge in [0.15, 0.2) is 0 Å². The number of carbonyl (C=O) groups excluding carboxylic acids is 2. The van der Waals surface area contributed by atoms with E-state index in [2.05, 4.69) is 5.32 Å². The molecule has 3 rings (SSSR count). The summed E-state index contributed by atoms with van der Waals surface area (Å²) >= 11 is 0. The molecule has 2 aromatic carbocycles. The molecule has 1 N–H and O–H groups in total. The predicted molar refractivity (Wildman–Crippen MR) is 87.6 cm³/mol. The lowest BCUT2D eigenvalue weighted by molar-refractivity contribution is -0.121. The first-order chi connectivity index (χ1) is 11.0. The van der Waals surface area contributed by atoms with Crippen LogP contribution in [0.3, 0.4) is 0 Å². The van der Waals surface area contributed by atoms with Gasteiger partial charge in [-0.15, -0.1) is 0 Å². The summed E-state index contributed by atoms with van der Waals surface area (Å²) in [6.07, 6.45) is 0.435. The van der Waals surface area contributed by atoms with Crippen molar-refractivity contribution < 1.29 is 14.3 Å². The highest BCUT2D eigenvalue weighted by atomic mass is 16.5. The molecule has 23 heavy (non-hydrogen) atoms. The standard InChI is InChI=1S/C18H18N2O3/c1-18(12-13-8-4-3-5-9-13)16(21)20(17(22)19-18)14-10-6-7-11-15(14)23-2/h3-11H,12H2,1-2H3,(H,19,22). The number of amides is 3. The zero-order valence-electron chi connectivity index (χ0n) is 13.1. The number of carbonyl (C=O) groups is 2. The lowest BCUT2D eigenvalue weighted by Gasteiger charge is -2.22. The molecule has 1 saturated heterocycles. The van der Waals surface area contributed by atoms with Gasteiger partial charge < -0.3 is 10.1 Å². The molecule has 0 radical (unpaired) electrons. The number of methoxy groups -OCH3 is 1. The first-order valence-corrected chi connectivity index (χ1v) is 7.39. The second-order valence-corrected chi connectivity index (χ2v) is 5.74. The van der Waals surface area contributed by atoms with E-state index in [1.54, 1.807) is 31.2 Å². The van der Waals surface area contributed by atoms with Gasteiger partial charge in [-0.3, -0.25) is 4.79 Å². The topological polar surface area (TPSA) is 58.6 Å². The molecule has 0 aromatic heterocycles. The summed E-state index contributed by atoms with van der Waals surface area (Å²) < 4.78 is 5.27. The van der Waals surface area contributed by atoms with Crippen LogP contribution < -0.4 is 15.0 Å². The lowest BCUT2D eigenvalue weighted by Crippen LogP contribution is -2.46. The normalized spacial score (nSPS) is 20.5. The summed E-state index contributed by atoms with van der Waals surface area (Å²) in [5.41, 5.74) is 0.471. The van der Waals surface area contributed by atoms with Crippen LogP contribution in [-0.4, -0.2) is 24.6 Å². The second-order valence-electron chi connectivity index (χ2n) is 5.74. The van der Waals surface area contributed by atoms with Crippen LogP contribution in [0.1, 0.15) is 12.5 Å². The van der Waals surface area contributed by atoms with Crippen molar-refractivity contribution in [2.45, 2.75) is 18.9 Å². The summed E-state index contributed by atoms with van der Waals surface area (Å²) in [5.74, 6) is 0.204. The van der Waals surface area contributed by atoms with Gasteiger partial charge in [-0.1, -0.05) is 42.5 Å². The minimum absolute atomic E-state index is 0.282. The Balaban J connectivity index is 1.93. The fraction of sp³-hybridized carbons (Fsp3) is 0.222. The average molecular weight is 310 g/mol. The molecule has 0 saturated carbocycles. The fourth-order valence-electron chi connectivity index (χ4n) is 2.84. The lowest BCUT2D eigenvalue weighted by atomic mass is 9.93. The largest absolute Gasteiger partial charge is 0.495 e. The number of urea groups is 1. The van der Waals surface area contributed by atoms with E-state index >= 15 is 0 Å². The van der Waals surface area contributed by atoms with E-state index in [-0.39, 0.29) is 5.91 Å². The van der Waals surface area contributed by atoms with Gasteiger partial charge in [0.05, 0.1) is 12.8 Å². The van der Waals surface area contributed by atoms with E-state index in [1.165, 1.54) is 7.11 Å². The van der Waals surface area contributed by atoms with Gasteiger partial charge in [-0.05, 0) is 24.6 Å². The molecular formula is C18H18N2O3. The Morgan fingerprint density at radius 1 is 1.04 bits per heavy atom. The van der Waals surface area contributed by atoms with Crippen LogP contribution in [0.15, 0.2) is 54.6 Å². The molecule has 1 fully saturated rings. The van der Waals surface area contributed by atoms with Gasteiger partial charge in [-0.25, -0.2) is 9.69 Å². The monoisotopic (exact) mass is 310 g/mol. The third-order valence-corrected chi connectivity index (χ3v) is 3.99. The first-order valence-electron chi connectivity index (χ1n) is 7.39. The number of nitrogens with one attached hydrogen (secondary N) is 1. The number of anilines is 1. The Labute approximate surface area is 134 Å². The Morgan fingerprint density at radius 2 is 1.70 bits per heavy atom. The molecule has 1 aliphatic rings. The molecule has 5 nitrogen and oxygen atoms in total. The van der Waals surface area contributed by atoms with Crippen molar-refractivity contribution in [3.05, 3.63) is 60.2 Å². The van der Waals surface area contributed by atoms with Gasteiger partial charge in [-0.2, -0.15) is 0 Å². The number of ether oxygens (including phenoxy) is 1. The Kier molecular flexibility index (Phi) is 3.78. The van der Waals surface area contributed by atoms with E-state index < -0.39 is 11.6 Å². The maximum absolute atomic E-state index is 12.9. The number of imide groups is 1. The van der Waals surface area contributed by atoms with Crippen LogP contribution >= 0.6 is 0 Å². The zero-order chi connectivity index (χ0) is 16.4. The van der Waals surface area contributed by atoms with Crippen LogP contribution in [0.25, 0.3) is 0 Å². The molecule has 1 atom stereocenters. The maximum Gasteiger partial charge on any atom is 0.329 e. The fourth-order valence-corrected chi connectivity index (χ4v) is 2.84. The minimum Gasteiger partial charge on any atom is -0.495 e. The molecule has 3 amide bonds. The van der Waals surface area contributed by atoms with E-state index in [0.717, 1.165) is 10.5 Å². The molecule has 1 aliphatic heterocycles. The van der Waals surface area contributed by atoms with Gasteiger partial charge in [0.2, 0.25) is 0 Å². The molecule has 0 bridgehead atoms. The van der Waals surface area contributed by atoms with Crippen molar-refractivity contribution in [3.8, 4) is 5.75 Å². The Bertz CT molecular complexity index is 745. The molecule has 5 heteroatoms. The summed E-state index contributed by atoms with van der Waals surface area (Å²) in [7, 11) is 1.51. The molecule has 1 unspecified atom stereocenters. The van der Waals surface area contributed by atoms with Crippen molar-refractivity contribution >= 4 is 17.6 Å². The van der Waals surface area contributed by atoms with Crippen LogP contribution in [-0.2, 0) is 11.2 Å². The Morgan fingerprint density at radius 3 is 2.39 bits per heavy atom. The minimum atomic E-state index is -0.973. The summed E-state index contributed by atoms with van der Waals surface area (Å²) in [5, 5.41) is 2.81. The zero-order valence-corrected chi connectivity index (χ0v) is 13.1. The highest BCUT2D eigenvalue weighted by Crippen LogP contribution is 2.33. The van der Waals surface area contributed by atoms with Gasteiger partial charge >= 0.3 is 6.03 Å². The van der Waals surface area contributed by atoms with Crippen molar-refractivity contribution in [2.24, 2.45) is 0 Å². The summed E-state index contributed by atoms with van der Waals surface area (Å²) in [6, 6.07) is 16.2. The second kappa shape index (κ2) is 5.76. The molecular weight excluding hydrogens is 292 g/mol. The number of rotatable bonds is 4. The summed E-state index contributed by atoms with van der Waals surface area (Å²) in [6.45, 7) is 1.75. The first kappa shape index (κ1) is 15.1. The molecule has 1 heterocycles. The third-order valence-electron chi connectivity index (χ3n) is 3.99. The third kappa shape index (κ3) is 2.65. The Hall–Kier alpha value is -2.82. The number of para-hydroxylation sites is 2. The van der Waals surface area contributed by atoms with Crippen LogP contribution in [0.4, 0.5) is 10.5 Å². The predicted octanol–water partition coefficient (Wildman–Crippen LogP) is 2.75. The number of hydrogen-bond donors (Lipinski definition) is 1. The average Bonchev–Trinajstić information content (AvgIpc) is 2.77. The molecule has 0 spiro atoms. The number of hydrogen-bond acceptors (Lipinski definition) is 3. The highest BCUT2D eigenvalue weighted by Gasteiger charge is 2.49. The van der Waals surface area contributed by atoms with Crippen molar-refractivity contribution in [1.29, 1.82) is 0 Å². The van der Waals surface area contributed by atoms with Crippen molar-refractivity contribution in [3.63, 3.8) is 0 Å². The van der Waals surface area contributed by atoms with E-state index in [9.17, 15) is 9.59 Å². The van der Waals surface area contributed by atoms with Crippen LogP contribution in [0.5, 0.6) is 5.75 Å². The SMILES string of the molecule is COc1ccccc1N1C(=O)NC(C)(Cc2ccccc2)C1=O. The van der Waals surface area contributed by atoms with Gasteiger partial charge in [0, 0.05) is 6.42 Å². The number of benzene rings is 2. The summed E-state index contributed by atoms with van der Waals surface area (Å²) in [4.78, 5) is 26.4.